The quantitative estimate of drug-likeness (QED) is 0.267. The lowest BCUT2D eigenvalue weighted by Crippen LogP contribution is -2.42. The Morgan fingerprint density at radius 3 is 1.98 bits per heavy atom. The van der Waals surface area contributed by atoms with Crippen LogP contribution in [0.25, 0.3) is 11.3 Å². The fourth-order valence-electron chi connectivity index (χ4n) is 4.45. The van der Waals surface area contributed by atoms with Crippen LogP contribution < -0.4 is 0 Å². The van der Waals surface area contributed by atoms with E-state index in [1.165, 1.54) is 16.2 Å². The summed E-state index contributed by atoms with van der Waals surface area (Å²) >= 11 is 10.2. The molecule has 3 aromatic heterocycles. The summed E-state index contributed by atoms with van der Waals surface area (Å²) in [5, 5.41) is 10.5. The number of nitrogens with zero attached hydrogens (tertiary/aromatic N) is 6. The number of amides is 2. The first-order chi connectivity index (χ1) is 19.8. The van der Waals surface area contributed by atoms with Gasteiger partial charge in [-0.1, -0.05) is 11.6 Å². The number of hydrogen-bond donors (Lipinski definition) is 1. The Morgan fingerprint density at radius 1 is 0.930 bits per heavy atom. The van der Waals surface area contributed by atoms with E-state index in [1.807, 2.05) is 0 Å². The molecule has 0 atom stereocenters. The number of thiophene rings is 1. The van der Waals surface area contributed by atoms with E-state index in [1.54, 1.807) is 32.2 Å². The number of aromatic nitrogens is 4. The summed E-state index contributed by atoms with van der Waals surface area (Å²) in [5.74, 6) is -1.97. The second-order valence-electron chi connectivity index (χ2n) is 10.4. The Balaban J connectivity index is 0.000000215. The summed E-state index contributed by atoms with van der Waals surface area (Å²) in [6.07, 6.45) is -10.9. The third-order valence-corrected chi connectivity index (χ3v) is 8.07. The van der Waals surface area contributed by atoms with Crippen molar-refractivity contribution in [3.05, 3.63) is 43.4 Å². The van der Waals surface area contributed by atoms with Crippen LogP contribution in [0, 0.1) is 0 Å². The third kappa shape index (κ3) is 7.22. The van der Waals surface area contributed by atoms with E-state index in [4.69, 9.17) is 21.4 Å². The van der Waals surface area contributed by atoms with Crippen LogP contribution >= 0.6 is 38.9 Å². The molecule has 5 heterocycles. The minimum atomic E-state index is -4.59. The molecule has 0 bridgehead atoms. The van der Waals surface area contributed by atoms with Gasteiger partial charge in [-0.3, -0.25) is 0 Å². The molecule has 43 heavy (non-hydrogen) atoms. The van der Waals surface area contributed by atoms with Crippen LogP contribution in [0.1, 0.15) is 43.8 Å². The first-order valence-electron chi connectivity index (χ1n) is 12.5. The zero-order chi connectivity index (χ0) is 32.1. The standard InChI is InChI=1S/C16H17ClF3N3O2S.C8H7BrF3N3O2/c1-15(2,3)25-14(24)22-5-6-23-10(8-22)11(9-4-7-26-12(9)17)21-13(23)16(18,19)20;9-5-4-3-14(7(16)17)1-2-15(4)6(13-5)8(10,11)12/h4,7H,5-6,8H2,1-3H3;1-3H2,(H,16,17). The third-order valence-electron chi connectivity index (χ3n) is 6.27. The van der Waals surface area contributed by atoms with Crippen molar-refractivity contribution in [2.75, 3.05) is 13.1 Å². The van der Waals surface area contributed by atoms with E-state index in [-0.39, 0.29) is 55.3 Å². The van der Waals surface area contributed by atoms with Crippen molar-refractivity contribution < 1.29 is 45.8 Å². The number of carbonyl (C=O) groups excluding carboxylic acids is 1. The van der Waals surface area contributed by atoms with Crippen LogP contribution in [0.5, 0.6) is 0 Å². The fraction of sp³-hybridized carbons (Fsp3) is 0.500. The van der Waals surface area contributed by atoms with Gasteiger partial charge in [0.25, 0.3) is 0 Å². The van der Waals surface area contributed by atoms with Gasteiger partial charge < -0.3 is 28.8 Å². The van der Waals surface area contributed by atoms with Crippen molar-refractivity contribution in [2.45, 2.75) is 64.9 Å². The number of carboxylic acid groups (broad SMARTS) is 1. The summed E-state index contributed by atoms with van der Waals surface area (Å²) in [5.41, 5.74) is 0.422. The average molecular weight is 722 g/mol. The molecule has 1 N–H and O–H groups in total. The molecule has 0 radical (unpaired) electrons. The van der Waals surface area contributed by atoms with Gasteiger partial charge in [0.1, 0.15) is 14.5 Å². The minimum Gasteiger partial charge on any atom is -0.465 e. The van der Waals surface area contributed by atoms with Crippen LogP contribution in [0.2, 0.25) is 4.34 Å². The van der Waals surface area contributed by atoms with Gasteiger partial charge in [-0.25, -0.2) is 19.6 Å². The molecule has 0 unspecified atom stereocenters. The predicted octanol–water partition coefficient (Wildman–Crippen LogP) is 7.19. The number of halogens is 8. The van der Waals surface area contributed by atoms with Gasteiger partial charge in [-0.05, 0) is 48.1 Å². The molecule has 0 aliphatic carbocycles. The Morgan fingerprint density at radius 2 is 1.47 bits per heavy atom. The number of ether oxygens (including phenoxy) is 1. The zero-order valence-corrected chi connectivity index (χ0v) is 25.8. The monoisotopic (exact) mass is 720 g/mol. The number of alkyl halides is 6. The molecule has 5 rings (SSSR count). The Bertz CT molecular complexity index is 1530. The number of hydrogen-bond acceptors (Lipinski definition) is 6. The van der Waals surface area contributed by atoms with E-state index >= 15 is 0 Å². The number of imidazole rings is 2. The predicted molar refractivity (Wildman–Crippen MR) is 146 cm³/mol. The highest BCUT2D eigenvalue weighted by Gasteiger charge is 2.42. The number of fused-ring (bicyclic) bond motifs is 2. The fourth-order valence-corrected chi connectivity index (χ4v) is 5.88. The van der Waals surface area contributed by atoms with Gasteiger partial charge in [-0.15, -0.1) is 11.3 Å². The average Bonchev–Trinajstić information content (AvgIpc) is 3.57. The van der Waals surface area contributed by atoms with E-state index < -0.39 is 41.8 Å². The Kier molecular flexibility index (Phi) is 9.06. The first kappa shape index (κ1) is 32.9. The van der Waals surface area contributed by atoms with E-state index in [0.29, 0.717) is 15.6 Å². The second-order valence-corrected chi connectivity index (χ2v) is 12.7. The first-order valence-corrected chi connectivity index (χ1v) is 14.5. The molecule has 2 aliphatic rings. The largest absolute Gasteiger partial charge is 0.465 e. The van der Waals surface area contributed by atoms with Crippen molar-refractivity contribution in [1.29, 1.82) is 0 Å². The molecule has 0 aromatic carbocycles. The summed E-state index contributed by atoms with van der Waals surface area (Å²) in [6.45, 7) is 5.14. The van der Waals surface area contributed by atoms with Crippen molar-refractivity contribution in [3.8, 4) is 11.3 Å². The maximum Gasteiger partial charge on any atom is 0.449 e. The lowest BCUT2D eigenvalue weighted by Gasteiger charge is -2.31. The number of carbonyl (C=O) groups is 2. The number of rotatable bonds is 1. The molecule has 3 aromatic rings. The molecule has 10 nitrogen and oxygen atoms in total. The van der Waals surface area contributed by atoms with Crippen LogP contribution in [0.4, 0.5) is 35.9 Å². The lowest BCUT2D eigenvalue weighted by molar-refractivity contribution is -0.148. The molecular weight excluding hydrogens is 698 g/mol. The second kappa shape index (κ2) is 11.8. The maximum atomic E-state index is 13.4. The van der Waals surface area contributed by atoms with Gasteiger partial charge >= 0.3 is 24.5 Å². The SMILES string of the molecule is CC(C)(C)OC(=O)N1CCn2c(C(F)(F)F)nc(-c3ccsc3Cl)c2C1.O=C(O)N1CCn2c(C(F)(F)F)nc(Br)c2C1. The smallest absolute Gasteiger partial charge is 0.449 e. The van der Waals surface area contributed by atoms with E-state index in [2.05, 4.69) is 25.9 Å². The van der Waals surface area contributed by atoms with E-state index in [0.717, 1.165) is 14.0 Å². The maximum absolute atomic E-state index is 13.4. The molecular formula is C24H24BrClF6N6O4S. The van der Waals surface area contributed by atoms with Gasteiger partial charge in [0.2, 0.25) is 11.6 Å². The zero-order valence-electron chi connectivity index (χ0n) is 22.7. The van der Waals surface area contributed by atoms with Crippen molar-refractivity contribution in [3.63, 3.8) is 0 Å². The molecule has 0 spiro atoms. The summed E-state index contributed by atoms with van der Waals surface area (Å²) in [7, 11) is 0. The van der Waals surface area contributed by atoms with Crippen LogP contribution in [-0.4, -0.2) is 64.9 Å². The highest BCUT2D eigenvalue weighted by atomic mass is 79.9. The summed E-state index contributed by atoms with van der Waals surface area (Å²) < 4.78 is 85.8. The van der Waals surface area contributed by atoms with Gasteiger partial charge in [0.05, 0.1) is 30.2 Å². The Labute approximate surface area is 257 Å². The normalized spacial score (nSPS) is 15.4. The molecule has 2 aliphatic heterocycles. The van der Waals surface area contributed by atoms with Crippen LogP contribution in [0.3, 0.4) is 0 Å². The minimum absolute atomic E-state index is 0.0157. The van der Waals surface area contributed by atoms with Crippen molar-refractivity contribution >= 4 is 51.1 Å². The highest BCUT2D eigenvalue weighted by molar-refractivity contribution is 9.10. The van der Waals surface area contributed by atoms with Gasteiger partial charge in [0.15, 0.2) is 0 Å². The molecule has 236 valence electrons. The molecule has 19 heteroatoms. The van der Waals surface area contributed by atoms with Crippen molar-refractivity contribution in [2.24, 2.45) is 0 Å². The van der Waals surface area contributed by atoms with E-state index in [9.17, 15) is 35.9 Å². The Hall–Kier alpha value is -2.99. The van der Waals surface area contributed by atoms with Crippen LogP contribution in [-0.2, 0) is 43.3 Å². The molecule has 0 saturated heterocycles. The topological polar surface area (TPSA) is 106 Å². The lowest BCUT2D eigenvalue weighted by atomic mass is 10.1. The van der Waals surface area contributed by atoms with Gasteiger partial charge in [0, 0.05) is 31.7 Å². The summed E-state index contributed by atoms with van der Waals surface area (Å²) in [6, 6.07) is 1.63. The summed E-state index contributed by atoms with van der Waals surface area (Å²) in [4.78, 5) is 32.7. The van der Waals surface area contributed by atoms with Gasteiger partial charge in [-0.2, -0.15) is 26.3 Å². The molecule has 0 fully saturated rings. The molecule has 0 saturated carbocycles. The highest BCUT2D eigenvalue weighted by Crippen LogP contribution is 2.40. The van der Waals surface area contributed by atoms with Crippen molar-refractivity contribution in [1.82, 2.24) is 28.9 Å². The van der Waals surface area contributed by atoms with Crippen LogP contribution in [0.15, 0.2) is 16.0 Å². The molecule has 2 amide bonds.